The van der Waals surface area contributed by atoms with Crippen LogP contribution in [0.3, 0.4) is 0 Å². The van der Waals surface area contributed by atoms with Crippen LogP contribution in [0.1, 0.15) is 20.3 Å². The molecular formula is C12H19NO4. The molecule has 5 heteroatoms. The van der Waals surface area contributed by atoms with Crippen LogP contribution in [0.5, 0.6) is 0 Å². The first-order chi connectivity index (χ1) is 8.02. The van der Waals surface area contributed by atoms with Gasteiger partial charge in [0.15, 0.2) is 6.04 Å². The van der Waals surface area contributed by atoms with Gasteiger partial charge < -0.3 is 9.47 Å². The monoisotopic (exact) mass is 241 g/mol. The van der Waals surface area contributed by atoms with Crippen molar-refractivity contribution in [3.63, 3.8) is 0 Å². The van der Waals surface area contributed by atoms with E-state index in [-0.39, 0.29) is 5.92 Å². The van der Waals surface area contributed by atoms with Gasteiger partial charge in [-0.1, -0.05) is 19.1 Å². The fourth-order valence-electron chi connectivity index (χ4n) is 1.92. The van der Waals surface area contributed by atoms with E-state index in [1.165, 1.54) is 12.0 Å². The molecule has 96 valence electrons. The van der Waals surface area contributed by atoms with E-state index in [2.05, 4.69) is 0 Å². The molecule has 3 atom stereocenters. The molecule has 1 amide bonds. The van der Waals surface area contributed by atoms with Gasteiger partial charge >= 0.3 is 12.1 Å². The highest BCUT2D eigenvalue weighted by Gasteiger charge is 2.47. The van der Waals surface area contributed by atoms with Crippen LogP contribution in [-0.2, 0) is 14.3 Å². The van der Waals surface area contributed by atoms with E-state index in [0.29, 0.717) is 0 Å². The molecule has 0 unspecified atom stereocenters. The summed E-state index contributed by atoms with van der Waals surface area (Å²) in [7, 11) is 2.86. The molecule has 0 bridgehead atoms. The van der Waals surface area contributed by atoms with Gasteiger partial charge in [0.05, 0.1) is 7.11 Å². The molecule has 1 aliphatic rings. The summed E-state index contributed by atoms with van der Waals surface area (Å²) in [5, 5.41) is 0. The minimum absolute atomic E-state index is 0.0733. The highest BCUT2D eigenvalue weighted by molar-refractivity contribution is 5.84. The van der Waals surface area contributed by atoms with Crippen LogP contribution in [-0.4, -0.2) is 43.3 Å². The average Bonchev–Trinajstić information content (AvgIpc) is 2.62. The first-order valence-corrected chi connectivity index (χ1v) is 5.65. The van der Waals surface area contributed by atoms with Crippen LogP contribution in [0.4, 0.5) is 4.79 Å². The number of cyclic esters (lactones) is 1. The Labute approximate surface area is 101 Å². The van der Waals surface area contributed by atoms with E-state index in [1.807, 2.05) is 26.0 Å². The predicted octanol–water partition coefficient (Wildman–Crippen LogP) is 1.58. The molecule has 0 radical (unpaired) electrons. The van der Waals surface area contributed by atoms with Gasteiger partial charge in [-0.05, 0) is 19.3 Å². The summed E-state index contributed by atoms with van der Waals surface area (Å²) in [6, 6.07) is -0.646. The zero-order valence-corrected chi connectivity index (χ0v) is 10.7. The maximum Gasteiger partial charge on any atom is 0.410 e. The van der Waals surface area contributed by atoms with Crippen molar-refractivity contribution in [1.29, 1.82) is 0 Å². The molecule has 1 heterocycles. The third-order valence-electron chi connectivity index (χ3n) is 3.00. The van der Waals surface area contributed by atoms with Gasteiger partial charge in [0, 0.05) is 7.05 Å². The van der Waals surface area contributed by atoms with E-state index in [0.717, 1.165) is 6.42 Å². The van der Waals surface area contributed by atoms with E-state index in [9.17, 15) is 9.59 Å². The molecule has 5 nitrogen and oxygen atoms in total. The fraction of sp³-hybridized carbons (Fsp3) is 0.667. The van der Waals surface area contributed by atoms with Gasteiger partial charge in [-0.3, -0.25) is 4.90 Å². The summed E-state index contributed by atoms with van der Waals surface area (Å²) < 4.78 is 9.93. The summed E-state index contributed by atoms with van der Waals surface area (Å²) in [6.45, 7) is 3.88. The van der Waals surface area contributed by atoms with E-state index in [4.69, 9.17) is 9.47 Å². The number of rotatable bonds is 4. The topological polar surface area (TPSA) is 55.8 Å². The highest BCUT2D eigenvalue weighted by atomic mass is 16.6. The SMILES string of the molecule is C/C=C/C[C@@H](C)[C@H]1OC(=O)N(C)[C@@H]1C(=O)OC. The fourth-order valence-corrected chi connectivity index (χ4v) is 1.92. The Morgan fingerprint density at radius 1 is 1.65 bits per heavy atom. The minimum Gasteiger partial charge on any atom is -0.467 e. The van der Waals surface area contributed by atoms with Gasteiger partial charge in [0.25, 0.3) is 0 Å². The second-order valence-corrected chi connectivity index (χ2v) is 4.21. The Balaban J connectivity index is 2.81. The molecular weight excluding hydrogens is 222 g/mol. The van der Waals surface area contributed by atoms with Crippen molar-refractivity contribution in [3.8, 4) is 0 Å². The van der Waals surface area contributed by atoms with Crippen LogP contribution < -0.4 is 0 Å². The van der Waals surface area contributed by atoms with Crippen molar-refractivity contribution in [3.05, 3.63) is 12.2 Å². The average molecular weight is 241 g/mol. The maximum atomic E-state index is 11.6. The first kappa shape index (κ1) is 13.5. The Morgan fingerprint density at radius 3 is 2.82 bits per heavy atom. The van der Waals surface area contributed by atoms with Gasteiger partial charge in [0.1, 0.15) is 6.10 Å². The molecule has 17 heavy (non-hydrogen) atoms. The highest BCUT2D eigenvalue weighted by Crippen LogP contribution is 2.26. The maximum absolute atomic E-state index is 11.6. The Bertz CT molecular complexity index is 326. The summed E-state index contributed by atoms with van der Waals surface area (Å²) in [4.78, 5) is 24.4. The van der Waals surface area contributed by atoms with Crippen molar-refractivity contribution < 1.29 is 19.1 Å². The molecule has 1 aliphatic heterocycles. The second-order valence-electron chi connectivity index (χ2n) is 4.21. The summed E-state index contributed by atoms with van der Waals surface area (Å²) in [6.07, 6.45) is 3.76. The predicted molar refractivity (Wildman–Crippen MR) is 62.4 cm³/mol. The lowest BCUT2D eigenvalue weighted by atomic mass is 9.94. The standard InChI is InChI=1S/C12H19NO4/c1-5-6-7-8(2)10-9(11(14)16-4)13(3)12(15)17-10/h5-6,8-10H,7H2,1-4H3/b6-5+/t8-,9+,10-/m1/s1. The molecule has 1 saturated heterocycles. The Kier molecular flexibility index (Phi) is 4.54. The van der Waals surface area contributed by atoms with Crippen LogP contribution >= 0.6 is 0 Å². The van der Waals surface area contributed by atoms with Crippen LogP contribution in [0, 0.1) is 5.92 Å². The van der Waals surface area contributed by atoms with Gasteiger partial charge in [-0.15, -0.1) is 0 Å². The molecule has 0 saturated carbocycles. The smallest absolute Gasteiger partial charge is 0.410 e. The number of amides is 1. The van der Waals surface area contributed by atoms with E-state index >= 15 is 0 Å². The normalized spacial score (nSPS) is 26.1. The number of likely N-dealkylation sites (N-methyl/N-ethyl adjacent to an activating group) is 1. The molecule has 0 aliphatic carbocycles. The van der Waals surface area contributed by atoms with Crippen LogP contribution in [0.2, 0.25) is 0 Å². The number of esters is 1. The van der Waals surface area contributed by atoms with E-state index < -0.39 is 24.2 Å². The zero-order valence-electron chi connectivity index (χ0n) is 10.7. The first-order valence-electron chi connectivity index (χ1n) is 5.65. The minimum atomic E-state index is -0.646. The molecule has 0 aromatic rings. The Morgan fingerprint density at radius 2 is 2.29 bits per heavy atom. The van der Waals surface area contributed by atoms with Gasteiger partial charge in [-0.25, -0.2) is 9.59 Å². The third-order valence-corrected chi connectivity index (χ3v) is 3.00. The molecule has 1 rings (SSSR count). The summed E-state index contributed by atoms with van der Waals surface area (Å²) >= 11 is 0. The third kappa shape index (κ3) is 2.78. The molecule has 1 fully saturated rings. The van der Waals surface area contributed by atoms with Crippen molar-refractivity contribution in [1.82, 2.24) is 4.90 Å². The van der Waals surface area contributed by atoms with E-state index in [1.54, 1.807) is 7.05 Å². The number of hydrogen-bond acceptors (Lipinski definition) is 4. The number of carbonyl (C=O) groups excluding carboxylic acids is 2. The number of allylic oxidation sites excluding steroid dienone is 2. The van der Waals surface area contributed by atoms with Crippen molar-refractivity contribution in [2.75, 3.05) is 14.2 Å². The molecule has 0 aromatic heterocycles. The molecule has 0 spiro atoms. The Hall–Kier alpha value is -1.52. The van der Waals surface area contributed by atoms with Gasteiger partial charge in [0.2, 0.25) is 0 Å². The molecule has 0 N–H and O–H groups in total. The largest absolute Gasteiger partial charge is 0.467 e. The van der Waals surface area contributed by atoms with Crippen molar-refractivity contribution in [2.24, 2.45) is 5.92 Å². The number of methoxy groups -OCH3 is 1. The van der Waals surface area contributed by atoms with Gasteiger partial charge in [-0.2, -0.15) is 0 Å². The number of carbonyl (C=O) groups is 2. The summed E-state index contributed by atoms with van der Waals surface area (Å²) in [5.74, 6) is -0.361. The lowest BCUT2D eigenvalue weighted by Crippen LogP contribution is -2.43. The number of ether oxygens (including phenoxy) is 2. The van der Waals surface area contributed by atoms with Crippen molar-refractivity contribution in [2.45, 2.75) is 32.4 Å². The van der Waals surface area contributed by atoms with Crippen molar-refractivity contribution >= 4 is 12.1 Å². The van der Waals surface area contributed by atoms with Crippen LogP contribution in [0.25, 0.3) is 0 Å². The quantitative estimate of drug-likeness (QED) is 0.554. The zero-order chi connectivity index (χ0) is 13.0. The lowest BCUT2D eigenvalue weighted by Gasteiger charge is -2.22. The molecule has 0 aromatic carbocycles. The lowest BCUT2D eigenvalue weighted by molar-refractivity contribution is -0.146. The number of hydrogen-bond donors (Lipinski definition) is 0. The summed E-state index contributed by atoms with van der Waals surface area (Å²) in [5.41, 5.74) is 0. The van der Waals surface area contributed by atoms with Crippen LogP contribution in [0.15, 0.2) is 12.2 Å². The number of nitrogens with zero attached hydrogens (tertiary/aromatic N) is 1. The second kappa shape index (κ2) is 5.70.